The van der Waals surface area contributed by atoms with Gasteiger partial charge in [0.15, 0.2) is 0 Å². The second-order valence-corrected chi connectivity index (χ2v) is 15.1. The predicted molar refractivity (Wildman–Crippen MR) is 231 cm³/mol. The van der Waals surface area contributed by atoms with E-state index in [0.29, 0.717) is 0 Å². The summed E-state index contributed by atoms with van der Waals surface area (Å²) in [6.07, 6.45) is 8.61. The lowest BCUT2D eigenvalue weighted by molar-refractivity contribution is 0.497. The lowest BCUT2D eigenvalue weighted by Crippen LogP contribution is -2.41. The van der Waals surface area contributed by atoms with Crippen molar-refractivity contribution in [2.24, 2.45) is 11.5 Å². The minimum atomic E-state index is -0.0893. The first-order valence-electron chi connectivity index (χ1n) is 19.6. The summed E-state index contributed by atoms with van der Waals surface area (Å²) >= 11 is 0. The molecule has 6 aromatic rings. The van der Waals surface area contributed by atoms with E-state index in [4.69, 9.17) is 11.5 Å². The van der Waals surface area contributed by atoms with Gasteiger partial charge in [0.1, 0.15) is 5.82 Å². The van der Waals surface area contributed by atoms with Crippen LogP contribution in [-0.4, -0.2) is 23.3 Å². The Labute approximate surface area is 321 Å². The molecule has 0 saturated carbocycles. The molecule has 0 fully saturated rings. The van der Waals surface area contributed by atoms with Crippen molar-refractivity contribution in [2.75, 3.05) is 6.54 Å². The van der Waals surface area contributed by atoms with Crippen molar-refractivity contribution in [3.8, 4) is 11.1 Å². The van der Waals surface area contributed by atoms with Crippen LogP contribution in [0, 0.1) is 0 Å². The van der Waals surface area contributed by atoms with Crippen molar-refractivity contribution < 1.29 is 0 Å². The van der Waals surface area contributed by atoms with E-state index in [2.05, 4.69) is 163 Å². The maximum atomic E-state index is 6.36. The first-order valence-corrected chi connectivity index (χ1v) is 19.6. The molecule has 1 aliphatic heterocycles. The molecule has 0 radical (unpaired) electrons. The largest absolute Gasteiger partial charge is 0.367 e. The van der Waals surface area contributed by atoms with E-state index in [1.54, 1.807) is 0 Å². The van der Waals surface area contributed by atoms with Gasteiger partial charge in [-0.15, -0.1) is 0 Å². The number of fused-ring (bicyclic) bond motifs is 7. The molecular formula is C49H55N5. The van der Waals surface area contributed by atoms with Gasteiger partial charge in [0.05, 0.1) is 17.2 Å². The van der Waals surface area contributed by atoms with Gasteiger partial charge in [-0.3, -0.25) is 9.88 Å². The standard InChI is InChI=1S/C28H27N3.C19H22N2.C2H6/c1-17(29)18-12-13-27(30-16-18)31-25-11-7-5-9-20(25)22-14-21-19-8-4-6-10-23(19)28(2,3)24(21)15-26(22)31;1-14(15-7-3-2-4-8-15)21-19(20)18-12-11-16-9-5-6-10-17(16)13-18;1-2/h4-15,17,30H,16,29H2,1-3H3;2-10,13-14,19,21H,11-12,20H2,1H3;1-2H3. The number of allylic oxidation sites excluding steroid dienone is 2. The van der Waals surface area contributed by atoms with Gasteiger partial charge in [0, 0.05) is 34.8 Å². The highest BCUT2D eigenvalue weighted by Gasteiger charge is 2.36. The molecule has 3 aliphatic rings. The molecule has 276 valence electrons. The van der Waals surface area contributed by atoms with E-state index in [9.17, 15) is 0 Å². The van der Waals surface area contributed by atoms with Crippen molar-refractivity contribution in [3.05, 3.63) is 166 Å². The summed E-state index contributed by atoms with van der Waals surface area (Å²) < 4.78 is 2.37. The highest BCUT2D eigenvalue weighted by atomic mass is 15.1. The van der Waals surface area contributed by atoms with Gasteiger partial charge in [-0.05, 0) is 101 Å². The third kappa shape index (κ3) is 6.96. The van der Waals surface area contributed by atoms with Crippen LogP contribution in [0.3, 0.4) is 0 Å². The smallest absolute Gasteiger partial charge is 0.111 e. The molecule has 54 heavy (non-hydrogen) atoms. The molecule has 2 heterocycles. The van der Waals surface area contributed by atoms with E-state index in [1.165, 1.54) is 71.9 Å². The number of nitrogens with two attached hydrogens (primary N) is 2. The molecule has 0 spiro atoms. The van der Waals surface area contributed by atoms with Crippen molar-refractivity contribution in [3.63, 3.8) is 0 Å². The Bertz CT molecular complexity index is 2370. The van der Waals surface area contributed by atoms with Crippen LogP contribution < -0.4 is 22.1 Å². The van der Waals surface area contributed by atoms with Crippen molar-refractivity contribution >= 4 is 33.7 Å². The maximum absolute atomic E-state index is 6.36. The predicted octanol–water partition coefficient (Wildman–Crippen LogP) is 10.5. The van der Waals surface area contributed by atoms with Crippen molar-refractivity contribution in [1.29, 1.82) is 0 Å². The minimum absolute atomic E-state index is 0.0160. The number of rotatable bonds is 6. The van der Waals surface area contributed by atoms with Gasteiger partial charge in [-0.25, -0.2) is 0 Å². The molecule has 0 saturated heterocycles. The maximum Gasteiger partial charge on any atom is 0.111 e. The lowest BCUT2D eigenvalue weighted by atomic mass is 9.82. The summed E-state index contributed by atoms with van der Waals surface area (Å²) in [4.78, 5) is 0. The van der Waals surface area contributed by atoms with Crippen LogP contribution in [0.4, 0.5) is 0 Å². The monoisotopic (exact) mass is 713 g/mol. The Hall–Kier alpha value is -5.20. The quantitative estimate of drug-likeness (QED) is 0.130. The Morgan fingerprint density at radius 2 is 1.39 bits per heavy atom. The second kappa shape index (κ2) is 15.6. The zero-order chi connectivity index (χ0) is 38.0. The van der Waals surface area contributed by atoms with Gasteiger partial charge >= 0.3 is 0 Å². The Balaban J connectivity index is 0.000000171. The normalized spacial score (nSPS) is 16.8. The van der Waals surface area contributed by atoms with Gasteiger partial charge in [0.25, 0.3) is 0 Å². The number of nitrogens with zero attached hydrogens (tertiary/aromatic N) is 1. The summed E-state index contributed by atoms with van der Waals surface area (Å²) in [5, 5.41) is 9.71. The molecule has 0 amide bonds. The van der Waals surface area contributed by atoms with Crippen LogP contribution in [0.25, 0.3) is 44.8 Å². The summed E-state index contributed by atoms with van der Waals surface area (Å²) in [7, 11) is 0. The molecule has 3 unspecified atom stereocenters. The first-order chi connectivity index (χ1) is 26.2. The number of hydrogen-bond donors (Lipinski definition) is 4. The third-order valence-corrected chi connectivity index (χ3v) is 11.3. The van der Waals surface area contributed by atoms with E-state index >= 15 is 0 Å². The number of hydrogen-bond acceptors (Lipinski definition) is 4. The summed E-state index contributed by atoms with van der Waals surface area (Å²) in [5.74, 6) is 1.10. The number of para-hydroxylation sites is 1. The molecule has 6 N–H and O–H groups in total. The zero-order valence-electron chi connectivity index (χ0n) is 32.7. The van der Waals surface area contributed by atoms with E-state index in [-0.39, 0.29) is 23.7 Å². The van der Waals surface area contributed by atoms with Gasteiger partial charge < -0.3 is 16.8 Å². The van der Waals surface area contributed by atoms with E-state index in [1.807, 2.05) is 26.8 Å². The Morgan fingerprint density at radius 1 is 0.685 bits per heavy atom. The molecule has 2 aliphatic carbocycles. The number of benzene rings is 5. The topological polar surface area (TPSA) is 81.0 Å². The molecule has 5 heteroatoms. The molecule has 1 aromatic heterocycles. The van der Waals surface area contributed by atoms with Crippen LogP contribution in [-0.2, 0) is 11.8 Å². The van der Waals surface area contributed by atoms with Crippen LogP contribution in [0.1, 0.15) is 81.8 Å². The average molecular weight is 714 g/mol. The highest BCUT2D eigenvalue weighted by Crippen LogP contribution is 2.50. The van der Waals surface area contributed by atoms with Crippen LogP contribution in [0.5, 0.6) is 0 Å². The summed E-state index contributed by atoms with van der Waals surface area (Å²) in [6.45, 7) is 13.7. The van der Waals surface area contributed by atoms with E-state index < -0.39 is 0 Å². The number of aromatic nitrogens is 1. The SMILES string of the molecule is CC.CC(N)C1=CC=C(n2c3ccccc3c3cc4c(cc32)C(C)(C)c2ccccc2-4)NC1.CC(NC(N)C1=Cc2ccccc2CC1)c1ccccc1. The fourth-order valence-electron chi connectivity index (χ4n) is 8.30. The first kappa shape index (κ1) is 37.1. The number of dihydropyridines is 1. The van der Waals surface area contributed by atoms with Gasteiger partial charge in [-0.2, -0.15) is 0 Å². The van der Waals surface area contributed by atoms with Crippen molar-refractivity contribution in [2.45, 2.75) is 78.0 Å². The fourth-order valence-corrected chi connectivity index (χ4v) is 8.30. The number of aryl methyl sites for hydroxylation is 1. The number of nitrogens with one attached hydrogen (secondary N) is 2. The van der Waals surface area contributed by atoms with E-state index in [0.717, 1.165) is 25.2 Å². The average Bonchev–Trinajstić information content (AvgIpc) is 3.66. The van der Waals surface area contributed by atoms with Crippen molar-refractivity contribution in [1.82, 2.24) is 15.2 Å². The Kier molecular flexibility index (Phi) is 10.8. The van der Waals surface area contributed by atoms with Gasteiger partial charge in [-0.1, -0.05) is 137 Å². The molecule has 3 atom stereocenters. The molecule has 5 nitrogen and oxygen atoms in total. The molecule has 0 bridgehead atoms. The molecule has 9 rings (SSSR count). The fraction of sp³-hybridized carbons (Fsp3) is 0.265. The summed E-state index contributed by atoms with van der Waals surface area (Å²) in [5.41, 5.74) is 27.0. The van der Waals surface area contributed by atoms with Gasteiger partial charge in [0.2, 0.25) is 0 Å². The second-order valence-electron chi connectivity index (χ2n) is 15.1. The van der Waals surface area contributed by atoms with Crippen LogP contribution in [0.15, 0.2) is 139 Å². The molecule has 5 aromatic carbocycles. The Morgan fingerprint density at radius 3 is 2.15 bits per heavy atom. The molecular weight excluding hydrogens is 659 g/mol. The zero-order valence-corrected chi connectivity index (χ0v) is 32.7. The third-order valence-electron chi connectivity index (χ3n) is 11.3. The minimum Gasteiger partial charge on any atom is -0.367 e. The van der Waals surface area contributed by atoms with Crippen LogP contribution >= 0.6 is 0 Å². The lowest BCUT2D eigenvalue weighted by Gasteiger charge is -2.25. The van der Waals surface area contributed by atoms with Crippen LogP contribution in [0.2, 0.25) is 0 Å². The summed E-state index contributed by atoms with van der Waals surface area (Å²) in [6, 6.07) is 41.7. The highest BCUT2D eigenvalue weighted by molar-refractivity contribution is 6.12.